The second kappa shape index (κ2) is 9.65. The Labute approximate surface area is 206 Å². The van der Waals surface area contributed by atoms with Gasteiger partial charge in [-0.3, -0.25) is 9.44 Å². The van der Waals surface area contributed by atoms with E-state index in [1.807, 2.05) is 11.0 Å². The van der Waals surface area contributed by atoms with Crippen LogP contribution in [0.4, 0.5) is 16.5 Å². The van der Waals surface area contributed by atoms with E-state index in [0.717, 1.165) is 17.0 Å². The van der Waals surface area contributed by atoms with Crippen LogP contribution in [-0.4, -0.2) is 52.3 Å². The van der Waals surface area contributed by atoms with Gasteiger partial charge in [-0.05, 0) is 42.5 Å². The van der Waals surface area contributed by atoms with Crippen molar-refractivity contribution in [1.82, 2.24) is 9.29 Å². The summed E-state index contributed by atoms with van der Waals surface area (Å²) in [6.07, 6.45) is 1.49. The molecule has 1 aromatic heterocycles. The number of piperazine rings is 1. The molecule has 0 amide bonds. The minimum absolute atomic E-state index is 0.00381. The molecule has 3 aromatic rings. The second-order valence-corrected chi connectivity index (χ2v) is 12.1. The average Bonchev–Trinajstić information content (AvgIpc) is 3.28. The Kier molecular flexibility index (Phi) is 7.03. The van der Waals surface area contributed by atoms with E-state index in [9.17, 15) is 16.8 Å². The van der Waals surface area contributed by atoms with Crippen molar-refractivity contribution >= 4 is 71.3 Å². The van der Waals surface area contributed by atoms with Crippen molar-refractivity contribution in [3.63, 3.8) is 0 Å². The van der Waals surface area contributed by atoms with E-state index in [1.165, 1.54) is 34.8 Å². The monoisotopic (exact) mass is 547 g/mol. The third kappa shape index (κ3) is 5.70. The molecule has 0 saturated carbocycles. The molecule has 33 heavy (non-hydrogen) atoms. The van der Waals surface area contributed by atoms with Crippen LogP contribution < -0.4 is 14.3 Å². The van der Waals surface area contributed by atoms with Crippen molar-refractivity contribution in [2.45, 2.75) is 4.90 Å². The highest BCUT2D eigenvalue weighted by Crippen LogP contribution is 2.28. The molecule has 0 atom stereocenters. The van der Waals surface area contributed by atoms with Crippen LogP contribution in [0.3, 0.4) is 0 Å². The molecule has 176 valence electrons. The third-order valence-electron chi connectivity index (χ3n) is 4.91. The van der Waals surface area contributed by atoms with Gasteiger partial charge in [0.05, 0.1) is 14.9 Å². The van der Waals surface area contributed by atoms with Gasteiger partial charge in [0.15, 0.2) is 5.13 Å². The smallest absolute Gasteiger partial charge is 0.301 e. The molecule has 1 aliphatic heterocycles. The minimum Gasteiger partial charge on any atom is -0.369 e. The quantitative estimate of drug-likeness (QED) is 0.466. The summed E-state index contributed by atoms with van der Waals surface area (Å²) >= 11 is 13.2. The Morgan fingerprint density at radius 2 is 1.58 bits per heavy atom. The zero-order valence-corrected chi connectivity index (χ0v) is 20.9. The SMILES string of the molecule is O=S(=O)(Nc1nccs1)c1ccc(NS(=O)(=O)N2CCN(c3ccc(Cl)c(Cl)c3)CC2)cc1. The number of thiazole rings is 1. The lowest BCUT2D eigenvalue weighted by molar-refractivity contribution is 0.388. The van der Waals surface area contributed by atoms with Gasteiger partial charge in [0.2, 0.25) is 0 Å². The van der Waals surface area contributed by atoms with Crippen LogP contribution in [0.1, 0.15) is 0 Å². The summed E-state index contributed by atoms with van der Waals surface area (Å²) in [5.74, 6) is 0. The van der Waals surface area contributed by atoms with Crippen molar-refractivity contribution in [3.8, 4) is 0 Å². The summed E-state index contributed by atoms with van der Waals surface area (Å²) in [7, 11) is -7.63. The maximum atomic E-state index is 12.8. The van der Waals surface area contributed by atoms with Crippen molar-refractivity contribution in [2.24, 2.45) is 0 Å². The number of benzene rings is 2. The van der Waals surface area contributed by atoms with Gasteiger partial charge in [-0.2, -0.15) is 12.7 Å². The van der Waals surface area contributed by atoms with Gasteiger partial charge in [0.25, 0.3) is 10.0 Å². The normalized spacial score (nSPS) is 15.4. The van der Waals surface area contributed by atoms with Crippen LogP contribution in [0.25, 0.3) is 0 Å². The van der Waals surface area contributed by atoms with Gasteiger partial charge in [-0.25, -0.2) is 13.4 Å². The molecular weight excluding hydrogens is 529 g/mol. The van der Waals surface area contributed by atoms with Crippen LogP contribution in [-0.2, 0) is 20.2 Å². The van der Waals surface area contributed by atoms with Crippen molar-refractivity contribution < 1.29 is 16.8 Å². The van der Waals surface area contributed by atoms with Crippen LogP contribution >= 0.6 is 34.5 Å². The fourth-order valence-corrected chi connectivity index (χ4v) is 6.52. The second-order valence-electron chi connectivity index (χ2n) is 7.06. The van der Waals surface area contributed by atoms with Crippen LogP contribution in [0.15, 0.2) is 58.9 Å². The summed E-state index contributed by atoms with van der Waals surface area (Å²) < 4.78 is 56.7. The van der Waals surface area contributed by atoms with Crippen LogP contribution in [0.5, 0.6) is 0 Å². The van der Waals surface area contributed by atoms with Gasteiger partial charge in [0, 0.05) is 49.1 Å². The molecule has 2 aromatic carbocycles. The third-order valence-corrected chi connectivity index (χ3v) is 9.36. The lowest BCUT2D eigenvalue weighted by Crippen LogP contribution is -2.50. The lowest BCUT2D eigenvalue weighted by atomic mass is 10.2. The van der Waals surface area contributed by atoms with Gasteiger partial charge in [0.1, 0.15) is 0 Å². The number of sulfonamides is 1. The molecule has 0 bridgehead atoms. The molecule has 4 rings (SSSR count). The molecule has 2 N–H and O–H groups in total. The molecule has 14 heteroatoms. The predicted molar refractivity (Wildman–Crippen MR) is 132 cm³/mol. The summed E-state index contributed by atoms with van der Waals surface area (Å²) in [6, 6.07) is 10.8. The summed E-state index contributed by atoms with van der Waals surface area (Å²) in [5.41, 5.74) is 1.13. The highest BCUT2D eigenvalue weighted by atomic mass is 35.5. The molecule has 1 fully saturated rings. The minimum atomic E-state index is -3.82. The molecule has 9 nitrogen and oxygen atoms in total. The number of nitrogens with one attached hydrogen (secondary N) is 2. The Hall–Kier alpha value is -2.09. The predicted octanol–water partition coefficient (Wildman–Crippen LogP) is 3.73. The Morgan fingerprint density at radius 3 is 2.18 bits per heavy atom. The molecule has 1 aliphatic rings. The number of rotatable bonds is 7. The summed E-state index contributed by atoms with van der Waals surface area (Å²) in [6.45, 7) is 1.52. The zero-order chi connectivity index (χ0) is 23.6. The van der Waals surface area contributed by atoms with E-state index < -0.39 is 20.2 Å². The van der Waals surface area contributed by atoms with Gasteiger partial charge < -0.3 is 4.90 Å². The standard InChI is InChI=1S/C19H19Cl2N5O4S3/c20-17-6-3-15(13-18(17)21)25-8-10-26(11-9-25)33(29,30)23-14-1-4-16(5-2-14)32(27,28)24-19-22-7-12-31-19/h1-7,12-13,23H,8-11H2,(H,22,24). The first kappa shape index (κ1) is 24.0. The summed E-state index contributed by atoms with van der Waals surface area (Å²) in [4.78, 5) is 5.92. The number of halogens is 2. The highest BCUT2D eigenvalue weighted by Gasteiger charge is 2.27. The molecule has 0 radical (unpaired) electrons. The number of aromatic nitrogens is 1. The van der Waals surface area contributed by atoms with Crippen LogP contribution in [0, 0.1) is 0 Å². The molecule has 2 heterocycles. The summed E-state index contributed by atoms with van der Waals surface area (Å²) in [5, 5.41) is 2.81. The van der Waals surface area contributed by atoms with Crippen molar-refractivity contribution in [3.05, 3.63) is 64.1 Å². The average molecular weight is 548 g/mol. The Balaban J connectivity index is 1.38. The first-order chi connectivity index (χ1) is 15.6. The Morgan fingerprint density at radius 1 is 0.879 bits per heavy atom. The highest BCUT2D eigenvalue weighted by molar-refractivity contribution is 7.93. The molecule has 0 spiro atoms. The number of nitrogens with zero attached hydrogens (tertiary/aromatic N) is 3. The number of anilines is 3. The fraction of sp³-hybridized carbons (Fsp3) is 0.211. The topological polar surface area (TPSA) is 112 Å². The maximum Gasteiger partial charge on any atom is 0.301 e. The van der Waals surface area contributed by atoms with E-state index in [-0.39, 0.29) is 28.8 Å². The van der Waals surface area contributed by atoms with E-state index in [0.29, 0.717) is 23.1 Å². The molecule has 1 saturated heterocycles. The van der Waals surface area contributed by atoms with Crippen LogP contribution in [0.2, 0.25) is 10.0 Å². The van der Waals surface area contributed by atoms with Gasteiger partial charge in [-0.15, -0.1) is 11.3 Å². The zero-order valence-electron chi connectivity index (χ0n) is 17.0. The largest absolute Gasteiger partial charge is 0.369 e. The number of hydrogen-bond acceptors (Lipinski definition) is 7. The lowest BCUT2D eigenvalue weighted by Gasteiger charge is -2.35. The molecule has 0 unspecified atom stereocenters. The maximum absolute atomic E-state index is 12.8. The van der Waals surface area contributed by atoms with E-state index in [2.05, 4.69) is 14.4 Å². The van der Waals surface area contributed by atoms with Crippen molar-refractivity contribution in [1.29, 1.82) is 0 Å². The molecule has 0 aliphatic carbocycles. The van der Waals surface area contributed by atoms with E-state index in [4.69, 9.17) is 23.2 Å². The number of hydrogen-bond donors (Lipinski definition) is 2. The Bertz CT molecular complexity index is 1330. The van der Waals surface area contributed by atoms with Crippen molar-refractivity contribution in [2.75, 3.05) is 40.5 Å². The first-order valence-electron chi connectivity index (χ1n) is 9.64. The van der Waals surface area contributed by atoms with Gasteiger partial charge >= 0.3 is 10.2 Å². The van der Waals surface area contributed by atoms with Gasteiger partial charge in [-0.1, -0.05) is 23.2 Å². The molecular formula is C19H19Cl2N5O4S3. The van der Waals surface area contributed by atoms with E-state index in [1.54, 1.807) is 17.5 Å². The van der Waals surface area contributed by atoms with E-state index >= 15 is 0 Å². The first-order valence-corrected chi connectivity index (χ1v) is 14.2. The fourth-order valence-electron chi connectivity index (χ4n) is 3.23.